The number of hydrazone groups is 1. The highest BCUT2D eigenvalue weighted by Gasteiger charge is 2.29. The van der Waals surface area contributed by atoms with Crippen molar-refractivity contribution < 1.29 is 36.3 Å². The fourth-order valence-electron chi connectivity index (χ4n) is 1.51. The summed E-state index contributed by atoms with van der Waals surface area (Å²) in [7, 11) is 0. The lowest BCUT2D eigenvalue weighted by Crippen LogP contribution is -2.28. The summed E-state index contributed by atoms with van der Waals surface area (Å²) in [6.07, 6.45) is -0.966. The van der Waals surface area contributed by atoms with Crippen LogP contribution in [0.3, 0.4) is 0 Å². The van der Waals surface area contributed by atoms with Gasteiger partial charge in [0.2, 0.25) is 5.82 Å². The maximum absolute atomic E-state index is 13.7. The molecule has 0 saturated carbocycles. The van der Waals surface area contributed by atoms with Gasteiger partial charge in [0, 0.05) is 0 Å². The Balaban J connectivity index is 3.46. The fourth-order valence-corrected chi connectivity index (χ4v) is 1.51. The maximum Gasteiger partial charge on any atom is 0.332 e. The molecule has 1 aromatic rings. The van der Waals surface area contributed by atoms with Gasteiger partial charge < -0.3 is 10.5 Å². The third-order valence-corrected chi connectivity index (χ3v) is 2.42. The first-order valence-electron chi connectivity index (χ1n) is 6.00. The van der Waals surface area contributed by atoms with E-state index in [-0.39, 0.29) is 6.61 Å². The monoisotopic (exact) mass is 339 g/mol. The molecule has 0 saturated heterocycles. The Morgan fingerprint density at radius 1 is 1.04 bits per heavy atom. The average Bonchev–Trinajstić information content (AvgIpc) is 2.48. The normalized spacial score (nSPS) is 11.3. The van der Waals surface area contributed by atoms with Gasteiger partial charge in [0.15, 0.2) is 23.3 Å². The van der Waals surface area contributed by atoms with Crippen LogP contribution in [0.5, 0.6) is 0 Å². The number of halogens is 5. The van der Waals surface area contributed by atoms with Gasteiger partial charge in [-0.1, -0.05) is 0 Å². The van der Waals surface area contributed by atoms with Crippen molar-refractivity contribution in [3.63, 3.8) is 0 Å². The van der Waals surface area contributed by atoms with Crippen LogP contribution in [0.4, 0.5) is 26.7 Å². The lowest BCUT2D eigenvalue weighted by Gasteiger charge is -2.11. The fraction of sp³-hybridized carbons (Fsp3) is 0.250. The molecule has 0 aliphatic rings. The Bertz CT molecular complexity index is 649. The zero-order valence-electron chi connectivity index (χ0n) is 11.6. The van der Waals surface area contributed by atoms with E-state index < -0.39 is 58.8 Å². The number of ether oxygens (including phenoxy) is 1. The molecule has 2 amide bonds. The number of nitrogens with two attached hydrogens (primary N) is 1. The number of nitrogens with one attached hydrogen (secondary N) is 1. The predicted octanol–water partition coefficient (Wildman–Crippen LogP) is 1.71. The Morgan fingerprint density at radius 2 is 1.52 bits per heavy atom. The average molecular weight is 339 g/mol. The summed E-state index contributed by atoms with van der Waals surface area (Å²) >= 11 is 0. The first kappa shape index (κ1) is 18.3. The topological polar surface area (TPSA) is 93.8 Å². The van der Waals surface area contributed by atoms with Gasteiger partial charge in [-0.3, -0.25) is 4.79 Å². The number of nitrogens with zero attached hydrogens (tertiary/aromatic N) is 1. The number of esters is 1. The van der Waals surface area contributed by atoms with Crippen LogP contribution < -0.4 is 11.2 Å². The third-order valence-electron chi connectivity index (χ3n) is 2.42. The minimum atomic E-state index is -2.37. The van der Waals surface area contributed by atoms with E-state index in [9.17, 15) is 31.5 Å². The first-order valence-corrected chi connectivity index (χ1v) is 6.00. The summed E-state index contributed by atoms with van der Waals surface area (Å²) in [6.45, 7) is 1.32. The number of amides is 2. The van der Waals surface area contributed by atoms with Crippen molar-refractivity contribution in [1.82, 2.24) is 5.43 Å². The minimum absolute atomic E-state index is 0.105. The van der Waals surface area contributed by atoms with Gasteiger partial charge in [0.25, 0.3) is 0 Å². The number of carbonyl (C=O) groups excluding carboxylic acids is 2. The molecule has 6 nitrogen and oxygen atoms in total. The predicted molar refractivity (Wildman–Crippen MR) is 66.7 cm³/mol. The summed E-state index contributed by atoms with van der Waals surface area (Å²) in [4.78, 5) is 22.0. The molecule has 0 unspecified atom stereocenters. The van der Waals surface area contributed by atoms with Crippen molar-refractivity contribution in [2.75, 3.05) is 6.61 Å². The second-order valence-corrected chi connectivity index (χ2v) is 3.96. The number of carbonyl (C=O) groups is 2. The van der Waals surface area contributed by atoms with Gasteiger partial charge in [-0.05, 0) is 6.92 Å². The Kier molecular flexibility index (Phi) is 5.99. The largest absolute Gasteiger partial charge is 0.466 e. The van der Waals surface area contributed by atoms with Gasteiger partial charge in [-0.15, -0.1) is 0 Å². The Hall–Kier alpha value is -2.72. The Labute approximate surface area is 126 Å². The van der Waals surface area contributed by atoms with Gasteiger partial charge in [-0.2, -0.15) is 5.10 Å². The van der Waals surface area contributed by atoms with Crippen LogP contribution in [0, 0.1) is 29.1 Å². The van der Waals surface area contributed by atoms with Gasteiger partial charge >= 0.3 is 12.0 Å². The van der Waals surface area contributed by atoms with E-state index in [4.69, 9.17) is 5.73 Å². The number of hydrogen-bond acceptors (Lipinski definition) is 4. The molecule has 126 valence electrons. The lowest BCUT2D eigenvalue weighted by atomic mass is 10.0. The van der Waals surface area contributed by atoms with E-state index in [1.807, 2.05) is 0 Å². The standard InChI is InChI=1S/C12H10F5N3O3/c1-2-23-5(21)3-4(19-20-12(18)22)6-7(13)9(15)11(17)10(16)8(6)14/h2-3H2,1H3,(H3,18,20,22)/b19-4-. The van der Waals surface area contributed by atoms with Crippen LogP contribution >= 0.6 is 0 Å². The molecule has 11 heteroatoms. The molecule has 1 aromatic carbocycles. The molecular formula is C12H10F5N3O3. The van der Waals surface area contributed by atoms with Crippen molar-refractivity contribution in [2.45, 2.75) is 13.3 Å². The SMILES string of the molecule is CCOC(=O)C/C(=N/NC(N)=O)c1c(F)c(F)c(F)c(F)c1F. The molecule has 0 heterocycles. The quantitative estimate of drug-likeness (QED) is 0.214. The summed E-state index contributed by atoms with van der Waals surface area (Å²) in [5.74, 6) is -12.3. The molecule has 0 bridgehead atoms. The number of hydrogen-bond donors (Lipinski definition) is 2. The van der Waals surface area contributed by atoms with Crippen LogP contribution in [0.2, 0.25) is 0 Å². The van der Waals surface area contributed by atoms with Crippen LogP contribution in [-0.4, -0.2) is 24.3 Å². The molecule has 3 N–H and O–H groups in total. The van der Waals surface area contributed by atoms with Crippen LogP contribution in [0.15, 0.2) is 5.10 Å². The molecule has 0 spiro atoms. The summed E-state index contributed by atoms with van der Waals surface area (Å²) in [5.41, 5.74) is 3.83. The molecule has 0 aromatic heterocycles. The minimum Gasteiger partial charge on any atom is -0.466 e. The number of urea groups is 1. The highest BCUT2D eigenvalue weighted by atomic mass is 19.2. The summed E-state index contributed by atoms with van der Waals surface area (Å²) in [6, 6.07) is -1.28. The van der Waals surface area contributed by atoms with Gasteiger partial charge in [-0.25, -0.2) is 32.2 Å². The van der Waals surface area contributed by atoms with Crippen molar-refractivity contribution in [2.24, 2.45) is 10.8 Å². The molecule has 1 rings (SSSR count). The van der Waals surface area contributed by atoms with Crippen molar-refractivity contribution >= 4 is 17.7 Å². The summed E-state index contributed by atoms with van der Waals surface area (Å²) < 4.78 is 71.3. The smallest absolute Gasteiger partial charge is 0.332 e. The van der Waals surface area contributed by atoms with Crippen LogP contribution in [-0.2, 0) is 9.53 Å². The van der Waals surface area contributed by atoms with Gasteiger partial charge in [0.05, 0.1) is 24.3 Å². The molecule has 0 aliphatic carbocycles. The van der Waals surface area contributed by atoms with Gasteiger partial charge in [0.1, 0.15) is 0 Å². The van der Waals surface area contributed by atoms with Crippen molar-refractivity contribution in [3.05, 3.63) is 34.6 Å². The molecule has 0 fully saturated rings. The van der Waals surface area contributed by atoms with E-state index in [0.717, 1.165) is 0 Å². The number of benzene rings is 1. The lowest BCUT2D eigenvalue weighted by molar-refractivity contribution is -0.141. The second kappa shape index (κ2) is 7.51. The van der Waals surface area contributed by atoms with E-state index in [1.165, 1.54) is 6.92 Å². The zero-order valence-corrected chi connectivity index (χ0v) is 11.6. The van der Waals surface area contributed by atoms with E-state index >= 15 is 0 Å². The third kappa shape index (κ3) is 4.14. The zero-order chi connectivity index (χ0) is 17.7. The molecule has 0 atom stereocenters. The Morgan fingerprint density at radius 3 is 1.96 bits per heavy atom. The van der Waals surface area contributed by atoms with Crippen LogP contribution in [0.1, 0.15) is 18.9 Å². The number of primary amides is 1. The second-order valence-electron chi connectivity index (χ2n) is 3.96. The first-order chi connectivity index (χ1) is 10.7. The van der Waals surface area contributed by atoms with Crippen LogP contribution in [0.25, 0.3) is 0 Å². The molecule has 23 heavy (non-hydrogen) atoms. The van der Waals surface area contributed by atoms with Crippen molar-refractivity contribution in [1.29, 1.82) is 0 Å². The molecular weight excluding hydrogens is 329 g/mol. The highest BCUT2D eigenvalue weighted by Crippen LogP contribution is 2.24. The molecule has 0 aliphatic heterocycles. The summed E-state index contributed by atoms with van der Waals surface area (Å²) in [5, 5.41) is 3.10. The van der Waals surface area contributed by atoms with E-state index in [2.05, 4.69) is 9.84 Å². The van der Waals surface area contributed by atoms with E-state index in [1.54, 1.807) is 5.43 Å². The van der Waals surface area contributed by atoms with Crippen molar-refractivity contribution in [3.8, 4) is 0 Å². The number of rotatable bonds is 5. The highest BCUT2D eigenvalue weighted by molar-refractivity contribution is 6.09. The maximum atomic E-state index is 13.7. The molecule has 0 radical (unpaired) electrons. The van der Waals surface area contributed by atoms with E-state index in [0.29, 0.717) is 0 Å².